The molecule has 2 N–H and O–H groups in total. The minimum absolute atomic E-state index is 0.0949. The molecule has 1 aliphatic rings. The van der Waals surface area contributed by atoms with E-state index in [9.17, 15) is 21.6 Å². The highest BCUT2D eigenvalue weighted by Gasteiger charge is 2.36. The van der Waals surface area contributed by atoms with Crippen LogP contribution < -0.4 is 5.32 Å². The number of rotatable bonds is 5. The van der Waals surface area contributed by atoms with Crippen LogP contribution in [0.1, 0.15) is 19.8 Å². The monoisotopic (exact) mass is 430 g/mol. The second-order valence-corrected chi connectivity index (χ2v) is 9.46. The molecule has 1 aliphatic heterocycles. The normalized spacial score (nSPS) is 21.8. The molecule has 0 saturated carbocycles. The zero-order valence-corrected chi connectivity index (χ0v) is 16.5. The number of anilines is 1. The van der Waals surface area contributed by atoms with E-state index in [1.54, 1.807) is 18.6 Å². The number of sulfonamides is 1. The molecule has 1 saturated heterocycles. The molecule has 0 aliphatic carbocycles. The number of alkyl halides is 3. The van der Waals surface area contributed by atoms with Crippen molar-refractivity contribution in [2.45, 2.75) is 32.0 Å². The molecular weight excluding hydrogens is 409 g/mol. The molecule has 3 aromatic rings. The van der Waals surface area contributed by atoms with Gasteiger partial charge in [-0.1, -0.05) is 6.92 Å². The zero-order chi connectivity index (χ0) is 20.8. The van der Waals surface area contributed by atoms with Crippen molar-refractivity contribution < 1.29 is 21.6 Å². The molecule has 1 fully saturated rings. The Labute approximate surface area is 165 Å². The number of nitrogens with one attached hydrogen (secondary N) is 2. The number of aromatic amines is 1. The van der Waals surface area contributed by atoms with E-state index in [2.05, 4.69) is 20.3 Å². The summed E-state index contributed by atoms with van der Waals surface area (Å²) in [6.45, 7) is 2.30. The first kappa shape index (κ1) is 20.0. The Morgan fingerprint density at radius 2 is 2.07 bits per heavy atom. The number of imidazole rings is 1. The third kappa shape index (κ3) is 4.04. The number of hydrogen-bond acceptors (Lipinski definition) is 5. The van der Waals surface area contributed by atoms with Crippen molar-refractivity contribution in [3.8, 4) is 0 Å². The second-order valence-electron chi connectivity index (χ2n) is 7.37. The fourth-order valence-electron chi connectivity index (χ4n) is 3.60. The van der Waals surface area contributed by atoms with Gasteiger partial charge in [-0.2, -0.15) is 17.5 Å². The van der Waals surface area contributed by atoms with Crippen molar-refractivity contribution in [1.29, 1.82) is 0 Å². The van der Waals surface area contributed by atoms with Gasteiger partial charge in [-0.15, -0.1) is 0 Å². The number of hydrogen-bond donors (Lipinski definition) is 2. The fraction of sp³-hybridized carbons (Fsp3) is 0.529. The molecule has 0 unspecified atom stereocenters. The van der Waals surface area contributed by atoms with Gasteiger partial charge in [0.1, 0.15) is 0 Å². The number of fused-ring (bicyclic) bond motifs is 3. The topological polar surface area (TPSA) is 95.4 Å². The van der Waals surface area contributed by atoms with Crippen LogP contribution in [0.4, 0.5) is 19.1 Å². The molecule has 158 valence electrons. The zero-order valence-electron chi connectivity index (χ0n) is 15.6. The first-order valence-corrected chi connectivity index (χ1v) is 10.9. The number of piperidine rings is 1. The SMILES string of the molecule is C[C@@H]1CCN(S(=O)(=O)CCC(F)(F)F)C[C@H]1Nc1ncc2cnc3[nH]ccc3n12. The lowest BCUT2D eigenvalue weighted by Crippen LogP contribution is -2.50. The standard InChI is InChI=1S/C17H21F3N6O2S/c1-11-3-6-25(29(27,28)7-4-17(18,19)20)10-13(11)24-16-23-9-12-8-22-15-14(26(12)16)2-5-21-15/h2,5,8-9,11,13,21H,3-4,6-7,10H2,1H3,(H,23,24)/t11-,13-/m1/s1. The molecule has 2 atom stereocenters. The van der Waals surface area contributed by atoms with E-state index >= 15 is 0 Å². The number of nitrogens with zero attached hydrogens (tertiary/aromatic N) is 4. The van der Waals surface area contributed by atoms with Gasteiger partial charge in [0.2, 0.25) is 16.0 Å². The van der Waals surface area contributed by atoms with E-state index in [0.717, 1.165) is 15.3 Å². The smallest absolute Gasteiger partial charge is 0.351 e. The Bertz CT molecular complexity index is 1120. The Hall–Kier alpha value is -2.34. The van der Waals surface area contributed by atoms with Crippen molar-refractivity contribution in [2.75, 3.05) is 24.2 Å². The van der Waals surface area contributed by atoms with E-state index in [1.165, 1.54) is 0 Å². The Kier molecular flexibility index (Phi) is 4.93. The molecule has 0 aromatic carbocycles. The lowest BCUT2D eigenvalue weighted by Gasteiger charge is -2.36. The van der Waals surface area contributed by atoms with Gasteiger partial charge in [-0.25, -0.2) is 18.4 Å². The Morgan fingerprint density at radius 3 is 2.83 bits per heavy atom. The highest BCUT2D eigenvalue weighted by molar-refractivity contribution is 7.89. The molecular formula is C17H21F3N6O2S. The largest absolute Gasteiger partial charge is 0.390 e. The number of aromatic nitrogens is 4. The summed E-state index contributed by atoms with van der Waals surface area (Å²) in [5.41, 5.74) is 2.28. The Balaban J connectivity index is 1.56. The van der Waals surface area contributed by atoms with Crippen LogP contribution in [0.5, 0.6) is 0 Å². The summed E-state index contributed by atoms with van der Waals surface area (Å²) in [5.74, 6) is -0.266. The van der Waals surface area contributed by atoms with Crippen LogP contribution in [-0.4, -0.2) is 63.1 Å². The summed E-state index contributed by atoms with van der Waals surface area (Å²) < 4.78 is 65.3. The minimum atomic E-state index is -4.50. The second kappa shape index (κ2) is 7.17. The van der Waals surface area contributed by atoms with E-state index in [-0.39, 0.29) is 25.0 Å². The minimum Gasteiger partial charge on any atom is -0.351 e. The molecule has 4 heterocycles. The Morgan fingerprint density at radius 1 is 1.31 bits per heavy atom. The lowest BCUT2D eigenvalue weighted by molar-refractivity contribution is -0.130. The average Bonchev–Trinajstić information content (AvgIpc) is 3.27. The molecule has 8 nitrogen and oxygen atoms in total. The molecule has 0 bridgehead atoms. The van der Waals surface area contributed by atoms with E-state index in [1.807, 2.05) is 17.4 Å². The molecule has 0 spiro atoms. The van der Waals surface area contributed by atoms with Gasteiger partial charge in [-0.05, 0) is 18.4 Å². The average molecular weight is 430 g/mol. The van der Waals surface area contributed by atoms with Crippen LogP contribution in [0.2, 0.25) is 0 Å². The van der Waals surface area contributed by atoms with Crippen LogP contribution in [0.15, 0.2) is 24.7 Å². The van der Waals surface area contributed by atoms with Gasteiger partial charge in [0.25, 0.3) is 0 Å². The third-order valence-corrected chi connectivity index (χ3v) is 7.17. The summed E-state index contributed by atoms with van der Waals surface area (Å²) >= 11 is 0. The highest BCUT2D eigenvalue weighted by Crippen LogP contribution is 2.27. The number of halogens is 3. The van der Waals surface area contributed by atoms with Crippen LogP contribution in [-0.2, 0) is 10.0 Å². The molecule has 29 heavy (non-hydrogen) atoms. The van der Waals surface area contributed by atoms with Gasteiger partial charge in [0.15, 0.2) is 5.65 Å². The molecule has 3 aromatic heterocycles. The van der Waals surface area contributed by atoms with Gasteiger partial charge in [-0.3, -0.25) is 4.40 Å². The van der Waals surface area contributed by atoms with Crippen LogP contribution in [0, 0.1) is 5.92 Å². The first-order chi connectivity index (χ1) is 13.6. The summed E-state index contributed by atoms with van der Waals surface area (Å²) in [4.78, 5) is 11.7. The first-order valence-electron chi connectivity index (χ1n) is 9.25. The lowest BCUT2D eigenvalue weighted by atomic mass is 9.95. The molecule has 0 radical (unpaired) electrons. The van der Waals surface area contributed by atoms with Gasteiger partial charge in [0, 0.05) is 25.3 Å². The van der Waals surface area contributed by atoms with Crippen LogP contribution in [0.3, 0.4) is 0 Å². The van der Waals surface area contributed by atoms with Crippen molar-refractivity contribution >= 4 is 32.7 Å². The molecule has 4 rings (SSSR count). The summed E-state index contributed by atoms with van der Waals surface area (Å²) in [6.07, 6.45) is -0.198. The van der Waals surface area contributed by atoms with E-state index in [4.69, 9.17) is 0 Å². The summed E-state index contributed by atoms with van der Waals surface area (Å²) in [7, 11) is -3.99. The van der Waals surface area contributed by atoms with Gasteiger partial charge < -0.3 is 10.3 Å². The van der Waals surface area contributed by atoms with Crippen LogP contribution >= 0.6 is 0 Å². The summed E-state index contributed by atoms with van der Waals surface area (Å²) in [6, 6.07) is 1.58. The predicted octanol–water partition coefficient (Wildman–Crippen LogP) is 2.62. The maximum atomic E-state index is 12.5. The molecule has 12 heteroatoms. The maximum absolute atomic E-state index is 12.5. The third-order valence-electron chi connectivity index (χ3n) is 5.33. The predicted molar refractivity (Wildman–Crippen MR) is 102 cm³/mol. The van der Waals surface area contributed by atoms with E-state index < -0.39 is 28.4 Å². The van der Waals surface area contributed by atoms with Crippen molar-refractivity contribution in [2.24, 2.45) is 5.92 Å². The maximum Gasteiger partial charge on any atom is 0.390 e. The summed E-state index contributed by atoms with van der Waals surface area (Å²) in [5, 5.41) is 3.29. The van der Waals surface area contributed by atoms with Crippen LogP contribution in [0.25, 0.3) is 16.7 Å². The van der Waals surface area contributed by atoms with Gasteiger partial charge >= 0.3 is 6.18 Å². The van der Waals surface area contributed by atoms with Crippen molar-refractivity contribution in [3.05, 3.63) is 24.7 Å². The quantitative estimate of drug-likeness (QED) is 0.649. The molecule has 0 amide bonds. The van der Waals surface area contributed by atoms with E-state index in [0.29, 0.717) is 18.0 Å². The fourth-order valence-corrected chi connectivity index (χ4v) is 5.12. The van der Waals surface area contributed by atoms with Crippen molar-refractivity contribution in [1.82, 2.24) is 23.7 Å². The van der Waals surface area contributed by atoms with Gasteiger partial charge in [0.05, 0.1) is 35.6 Å². The highest BCUT2D eigenvalue weighted by atomic mass is 32.2. The number of H-pyrrole nitrogens is 1. The van der Waals surface area contributed by atoms with Crippen molar-refractivity contribution in [3.63, 3.8) is 0 Å².